The topological polar surface area (TPSA) is 36.9 Å². The second kappa shape index (κ2) is 10.7. The SMILES string of the molecule is COc1ccc2c(c1Br)c1c(Br)c(OC)ccc1c1c3cc(C(C)(C)C)c(OC)c(Br)c3c3c(Br)c(OC)ccc3c21. The Hall–Kier alpha value is -2.26. The van der Waals surface area contributed by atoms with Crippen molar-refractivity contribution in [2.75, 3.05) is 28.4 Å². The fourth-order valence-corrected chi connectivity index (χ4v) is 9.07. The van der Waals surface area contributed by atoms with Gasteiger partial charge in [0.1, 0.15) is 23.0 Å². The molecule has 0 N–H and O–H groups in total. The Kier molecular flexibility index (Phi) is 7.61. The molecule has 0 aliphatic carbocycles. The minimum atomic E-state index is -0.179. The first kappa shape index (κ1) is 29.8. The van der Waals surface area contributed by atoms with Crippen molar-refractivity contribution in [3.8, 4) is 23.0 Å². The van der Waals surface area contributed by atoms with Crippen LogP contribution in [0, 0.1) is 0 Å². The Morgan fingerprint density at radius 2 is 0.810 bits per heavy atom. The minimum absolute atomic E-state index is 0.179. The Morgan fingerprint density at radius 3 is 1.14 bits per heavy atom. The molecule has 6 rings (SSSR count). The lowest BCUT2D eigenvalue weighted by atomic mass is 9.81. The molecule has 0 radical (unpaired) electrons. The highest BCUT2D eigenvalue weighted by Gasteiger charge is 2.28. The maximum absolute atomic E-state index is 6.08. The summed E-state index contributed by atoms with van der Waals surface area (Å²) in [4.78, 5) is 0. The maximum atomic E-state index is 6.08. The number of rotatable bonds is 4. The number of ether oxygens (including phenoxy) is 4. The smallest absolute Gasteiger partial charge is 0.137 e. The quantitative estimate of drug-likeness (QED) is 0.166. The summed E-state index contributed by atoms with van der Waals surface area (Å²) in [7, 11) is 6.81. The lowest BCUT2D eigenvalue weighted by molar-refractivity contribution is 0.396. The summed E-state index contributed by atoms with van der Waals surface area (Å²) < 4.78 is 27.0. The Bertz CT molecular complexity index is 2100. The van der Waals surface area contributed by atoms with E-state index in [-0.39, 0.29) is 5.41 Å². The molecule has 0 aliphatic rings. The van der Waals surface area contributed by atoms with Crippen molar-refractivity contribution in [2.45, 2.75) is 26.2 Å². The molecule has 0 heterocycles. The summed E-state index contributed by atoms with van der Waals surface area (Å²) in [6.07, 6.45) is 0. The van der Waals surface area contributed by atoms with Crippen LogP contribution in [0.3, 0.4) is 0 Å². The second-order valence-corrected chi connectivity index (χ2v) is 14.4. The van der Waals surface area contributed by atoms with E-state index in [0.717, 1.165) is 100 Å². The average Bonchev–Trinajstić information content (AvgIpc) is 2.96. The summed E-state index contributed by atoms with van der Waals surface area (Å²) in [5, 5.41) is 10.8. The van der Waals surface area contributed by atoms with Crippen LogP contribution in [0.5, 0.6) is 23.0 Å². The van der Waals surface area contributed by atoms with Gasteiger partial charge >= 0.3 is 0 Å². The standard InChI is InChI=1S/C34H28Br4O4/c1-34(2,3)19-14-18-24-17-10-13-21(40-5)30(36)26(17)25-15(8-11-20(39-4)29(25)35)23(24)16-9-12-22(41-6)31(37)27(16)28(18)32(38)33(19)42-7/h8-14H,1-7H3. The van der Waals surface area contributed by atoms with Gasteiger partial charge in [0, 0.05) is 27.1 Å². The molecule has 216 valence electrons. The van der Waals surface area contributed by atoms with Crippen LogP contribution in [-0.2, 0) is 5.41 Å². The summed E-state index contributed by atoms with van der Waals surface area (Å²) in [5.41, 5.74) is 0.933. The van der Waals surface area contributed by atoms with E-state index in [1.807, 2.05) is 18.2 Å². The molecular weight excluding hydrogens is 792 g/mol. The minimum Gasteiger partial charge on any atom is -0.496 e. The van der Waals surface area contributed by atoms with E-state index in [1.54, 1.807) is 28.4 Å². The molecule has 4 nitrogen and oxygen atoms in total. The number of fused-ring (bicyclic) bond motifs is 11. The number of hydrogen-bond acceptors (Lipinski definition) is 4. The summed E-state index contributed by atoms with van der Waals surface area (Å²) in [5.74, 6) is 3.10. The molecule has 0 bridgehead atoms. The number of hydrogen-bond donors (Lipinski definition) is 0. The van der Waals surface area contributed by atoms with Crippen LogP contribution in [-0.4, -0.2) is 28.4 Å². The lowest BCUT2D eigenvalue weighted by Crippen LogP contribution is -2.13. The molecule has 0 saturated carbocycles. The zero-order chi connectivity index (χ0) is 30.2. The van der Waals surface area contributed by atoms with Crippen LogP contribution >= 0.6 is 63.7 Å². The Balaban J connectivity index is 2.10. The van der Waals surface area contributed by atoms with E-state index in [4.69, 9.17) is 18.9 Å². The van der Waals surface area contributed by atoms with E-state index >= 15 is 0 Å². The van der Waals surface area contributed by atoms with Crippen molar-refractivity contribution >= 4 is 118 Å². The molecule has 0 aromatic heterocycles. The van der Waals surface area contributed by atoms with Crippen LogP contribution in [0.4, 0.5) is 0 Å². The number of halogens is 4. The maximum Gasteiger partial charge on any atom is 0.137 e. The van der Waals surface area contributed by atoms with Crippen molar-refractivity contribution < 1.29 is 18.9 Å². The first-order chi connectivity index (χ1) is 20.0. The zero-order valence-electron chi connectivity index (χ0n) is 24.2. The van der Waals surface area contributed by atoms with Crippen LogP contribution < -0.4 is 18.9 Å². The van der Waals surface area contributed by atoms with E-state index in [1.165, 1.54) is 0 Å². The van der Waals surface area contributed by atoms with Gasteiger partial charge in [-0.3, -0.25) is 0 Å². The third kappa shape index (κ3) is 4.15. The van der Waals surface area contributed by atoms with Crippen LogP contribution in [0.15, 0.2) is 60.4 Å². The Morgan fingerprint density at radius 1 is 0.452 bits per heavy atom. The molecule has 0 atom stereocenters. The van der Waals surface area contributed by atoms with Gasteiger partial charge < -0.3 is 18.9 Å². The molecule has 0 aliphatic heterocycles. The molecule has 0 spiro atoms. The van der Waals surface area contributed by atoms with Gasteiger partial charge in [-0.25, -0.2) is 0 Å². The van der Waals surface area contributed by atoms with Gasteiger partial charge in [0.05, 0.1) is 46.3 Å². The molecule has 6 aromatic carbocycles. The number of benzene rings is 6. The molecule has 6 aromatic rings. The highest BCUT2D eigenvalue weighted by atomic mass is 79.9. The fourth-order valence-electron chi connectivity index (χ4n) is 6.16. The van der Waals surface area contributed by atoms with Crippen molar-refractivity contribution in [1.82, 2.24) is 0 Å². The van der Waals surface area contributed by atoms with Crippen molar-refractivity contribution in [3.05, 3.63) is 65.9 Å². The zero-order valence-corrected chi connectivity index (χ0v) is 30.5. The van der Waals surface area contributed by atoms with Gasteiger partial charge in [0.25, 0.3) is 0 Å². The normalized spacial score (nSPS) is 12.2. The summed E-state index contributed by atoms with van der Waals surface area (Å²) in [6.45, 7) is 6.64. The lowest BCUT2D eigenvalue weighted by Gasteiger charge is -2.26. The van der Waals surface area contributed by atoms with Crippen LogP contribution in [0.1, 0.15) is 26.3 Å². The van der Waals surface area contributed by atoms with Gasteiger partial charge in [-0.1, -0.05) is 20.8 Å². The third-order valence-electron chi connectivity index (χ3n) is 8.04. The van der Waals surface area contributed by atoms with E-state index < -0.39 is 0 Å². The van der Waals surface area contributed by atoms with Crippen molar-refractivity contribution in [1.29, 1.82) is 0 Å². The van der Waals surface area contributed by atoms with Crippen molar-refractivity contribution in [2.24, 2.45) is 0 Å². The summed E-state index contributed by atoms with van der Waals surface area (Å²) >= 11 is 15.8. The summed E-state index contributed by atoms with van der Waals surface area (Å²) in [6, 6.07) is 14.8. The molecule has 0 fully saturated rings. The predicted octanol–water partition coefficient (Wildman–Crippen LogP) is 11.8. The fraction of sp³-hybridized carbons (Fsp3) is 0.235. The highest BCUT2D eigenvalue weighted by molar-refractivity contribution is 9.11. The molecule has 8 heteroatoms. The van der Waals surface area contributed by atoms with Crippen LogP contribution in [0.2, 0.25) is 0 Å². The van der Waals surface area contributed by atoms with E-state index in [2.05, 4.69) is 109 Å². The molecule has 0 unspecified atom stereocenters. The van der Waals surface area contributed by atoms with Gasteiger partial charge in [-0.15, -0.1) is 0 Å². The van der Waals surface area contributed by atoms with Gasteiger partial charge in [0.2, 0.25) is 0 Å². The predicted molar refractivity (Wildman–Crippen MR) is 190 cm³/mol. The molecular formula is C34H28Br4O4. The second-order valence-electron chi connectivity index (χ2n) is 11.2. The van der Waals surface area contributed by atoms with Gasteiger partial charge in [-0.05, 0) is 144 Å². The highest BCUT2D eigenvalue weighted by Crippen LogP contribution is 2.55. The average molecular weight is 820 g/mol. The number of methoxy groups -OCH3 is 4. The van der Waals surface area contributed by atoms with Crippen molar-refractivity contribution in [3.63, 3.8) is 0 Å². The van der Waals surface area contributed by atoms with Crippen LogP contribution in [0.25, 0.3) is 53.9 Å². The van der Waals surface area contributed by atoms with Gasteiger partial charge in [-0.2, -0.15) is 0 Å². The largest absolute Gasteiger partial charge is 0.496 e. The van der Waals surface area contributed by atoms with Gasteiger partial charge in [0.15, 0.2) is 0 Å². The Labute approximate surface area is 278 Å². The molecule has 0 saturated heterocycles. The first-order valence-electron chi connectivity index (χ1n) is 13.3. The monoisotopic (exact) mass is 816 g/mol. The molecule has 0 amide bonds. The van der Waals surface area contributed by atoms with E-state index in [0.29, 0.717) is 0 Å². The molecule has 42 heavy (non-hydrogen) atoms. The third-order valence-corrected chi connectivity index (χ3v) is 11.2. The first-order valence-corrected chi connectivity index (χ1v) is 16.4. The van der Waals surface area contributed by atoms with E-state index in [9.17, 15) is 0 Å².